The second-order valence-electron chi connectivity index (χ2n) is 5.79. The zero-order chi connectivity index (χ0) is 21.4. The summed E-state index contributed by atoms with van der Waals surface area (Å²) in [5, 5.41) is 0.0309. The first kappa shape index (κ1) is 22.0. The van der Waals surface area contributed by atoms with Crippen molar-refractivity contribution < 1.29 is 28.6 Å². The Bertz CT molecular complexity index is 888. The minimum atomic E-state index is -0.760. The first-order valence-electron chi connectivity index (χ1n) is 8.68. The normalized spacial score (nSPS) is 10.2. The molecule has 0 atom stereocenters. The Kier molecular flexibility index (Phi) is 7.85. The number of rotatable bonds is 9. The summed E-state index contributed by atoms with van der Waals surface area (Å²) in [6.07, 6.45) is 0. The van der Waals surface area contributed by atoms with E-state index in [9.17, 15) is 14.4 Å². The molecule has 2 aromatic rings. The highest BCUT2D eigenvalue weighted by Crippen LogP contribution is 2.36. The maximum Gasteiger partial charge on any atom is 0.338 e. The van der Waals surface area contributed by atoms with E-state index in [-0.39, 0.29) is 28.0 Å². The molecule has 2 aromatic carbocycles. The summed E-state index contributed by atoms with van der Waals surface area (Å²) in [6.45, 7) is 1.40. The maximum atomic E-state index is 12.4. The molecule has 2 N–H and O–H groups in total. The number of halogens is 1. The molecule has 0 saturated heterocycles. The number of nitrogens with two attached hydrogens (primary N) is 1. The average molecular weight is 421 g/mol. The number of nitrogens with zero attached hydrogens (tertiary/aromatic N) is 1. The van der Waals surface area contributed by atoms with Gasteiger partial charge < -0.3 is 24.8 Å². The summed E-state index contributed by atoms with van der Waals surface area (Å²) in [5.74, 6) is -1.63. The zero-order valence-electron chi connectivity index (χ0n) is 16.0. The number of para-hydroxylation sites is 1. The predicted octanol–water partition coefficient (Wildman–Crippen LogP) is 2.42. The molecule has 29 heavy (non-hydrogen) atoms. The van der Waals surface area contributed by atoms with Crippen molar-refractivity contribution in [1.82, 2.24) is 0 Å². The molecule has 0 radical (unpaired) electrons. The van der Waals surface area contributed by atoms with E-state index in [0.29, 0.717) is 12.2 Å². The Hall–Kier alpha value is -3.26. The Balaban J connectivity index is 2.09. The third kappa shape index (κ3) is 5.86. The van der Waals surface area contributed by atoms with Crippen molar-refractivity contribution in [2.75, 3.05) is 31.8 Å². The van der Waals surface area contributed by atoms with E-state index in [1.165, 1.54) is 24.1 Å². The molecule has 2 amide bonds. The van der Waals surface area contributed by atoms with Gasteiger partial charge >= 0.3 is 5.97 Å². The van der Waals surface area contributed by atoms with Crippen LogP contribution >= 0.6 is 11.6 Å². The number of ether oxygens (including phenoxy) is 3. The van der Waals surface area contributed by atoms with E-state index >= 15 is 0 Å². The largest absolute Gasteiger partial charge is 0.493 e. The monoisotopic (exact) mass is 420 g/mol. The van der Waals surface area contributed by atoms with Crippen molar-refractivity contribution in [3.8, 4) is 11.5 Å². The van der Waals surface area contributed by atoms with Gasteiger partial charge in [-0.15, -0.1) is 0 Å². The quantitative estimate of drug-likeness (QED) is 0.624. The van der Waals surface area contributed by atoms with Crippen LogP contribution in [0, 0.1) is 0 Å². The molecular formula is C20H21ClN2O6. The SMILES string of the molecule is CCN(C(=O)COC(=O)c1cc(Cl)c(OCC(N)=O)c(OC)c1)c1ccccc1. The van der Waals surface area contributed by atoms with Gasteiger partial charge in [0.2, 0.25) is 0 Å². The fourth-order valence-electron chi connectivity index (χ4n) is 2.52. The van der Waals surface area contributed by atoms with E-state index in [4.69, 9.17) is 31.5 Å². The minimum absolute atomic E-state index is 0.0309. The van der Waals surface area contributed by atoms with E-state index < -0.39 is 25.1 Å². The molecule has 154 valence electrons. The summed E-state index contributed by atoms with van der Waals surface area (Å²) >= 11 is 6.12. The summed E-state index contributed by atoms with van der Waals surface area (Å²) in [4.78, 5) is 37.2. The predicted molar refractivity (Wildman–Crippen MR) is 107 cm³/mol. The number of hydrogen-bond donors (Lipinski definition) is 1. The van der Waals surface area contributed by atoms with E-state index in [1.807, 2.05) is 25.1 Å². The van der Waals surface area contributed by atoms with Crippen molar-refractivity contribution in [3.63, 3.8) is 0 Å². The van der Waals surface area contributed by atoms with Gasteiger partial charge in [0.15, 0.2) is 24.7 Å². The lowest BCUT2D eigenvalue weighted by molar-refractivity contribution is -0.121. The lowest BCUT2D eigenvalue weighted by Crippen LogP contribution is -2.34. The molecule has 0 saturated carbocycles. The van der Waals surface area contributed by atoms with Gasteiger partial charge in [-0.3, -0.25) is 9.59 Å². The average Bonchev–Trinajstić information content (AvgIpc) is 2.71. The van der Waals surface area contributed by atoms with Crippen molar-refractivity contribution in [2.24, 2.45) is 5.73 Å². The van der Waals surface area contributed by atoms with Gasteiger partial charge in [-0.05, 0) is 31.2 Å². The first-order chi connectivity index (χ1) is 13.9. The highest BCUT2D eigenvalue weighted by molar-refractivity contribution is 6.32. The Labute approximate surface area is 173 Å². The van der Waals surface area contributed by atoms with Crippen LogP contribution in [0.4, 0.5) is 5.69 Å². The van der Waals surface area contributed by atoms with Crippen LogP contribution in [-0.2, 0) is 14.3 Å². The number of primary amides is 1. The van der Waals surface area contributed by atoms with Crippen LogP contribution in [0.25, 0.3) is 0 Å². The molecule has 0 aliphatic carbocycles. The van der Waals surface area contributed by atoms with E-state index in [1.54, 1.807) is 12.1 Å². The van der Waals surface area contributed by atoms with Crippen LogP contribution in [0.2, 0.25) is 5.02 Å². The molecule has 0 aliphatic rings. The van der Waals surface area contributed by atoms with Crippen LogP contribution in [0.3, 0.4) is 0 Å². The fourth-order valence-corrected chi connectivity index (χ4v) is 2.79. The number of carbonyl (C=O) groups is 3. The molecule has 0 aromatic heterocycles. The lowest BCUT2D eigenvalue weighted by Gasteiger charge is -2.20. The number of hydrogen-bond acceptors (Lipinski definition) is 6. The Morgan fingerprint density at radius 3 is 2.38 bits per heavy atom. The first-order valence-corrected chi connectivity index (χ1v) is 9.06. The molecule has 8 nitrogen and oxygen atoms in total. The van der Waals surface area contributed by atoms with Gasteiger partial charge in [0.25, 0.3) is 11.8 Å². The van der Waals surface area contributed by atoms with Crippen LogP contribution in [0.1, 0.15) is 17.3 Å². The van der Waals surface area contributed by atoms with Crippen LogP contribution in [0.15, 0.2) is 42.5 Å². The van der Waals surface area contributed by atoms with Gasteiger partial charge in [0.05, 0.1) is 17.7 Å². The third-order valence-corrected chi connectivity index (χ3v) is 4.12. The van der Waals surface area contributed by atoms with Crippen LogP contribution < -0.4 is 20.1 Å². The standard InChI is InChI=1S/C20H21ClN2O6/c1-3-23(14-7-5-4-6-8-14)18(25)12-29-20(26)13-9-15(21)19(16(10-13)27-2)28-11-17(22)24/h4-10H,3,11-12H2,1-2H3,(H2,22,24). The third-order valence-electron chi connectivity index (χ3n) is 3.84. The van der Waals surface area contributed by atoms with Crippen LogP contribution in [0.5, 0.6) is 11.5 Å². The van der Waals surface area contributed by atoms with E-state index in [2.05, 4.69) is 0 Å². The zero-order valence-corrected chi connectivity index (χ0v) is 16.8. The summed E-state index contributed by atoms with van der Waals surface area (Å²) < 4.78 is 15.5. The summed E-state index contributed by atoms with van der Waals surface area (Å²) in [5.41, 5.74) is 5.82. The number of benzene rings is 2. The molecule has 0 unspecified atom stereocenters. The molecule has 0 spiro atoms. The van der Waals surface area contributed by atoms with Gasteiger partial charge in [-0.1, -0.05) is 29.8 Å². The van der Waals surface area contributed by atoms with Crippen LogP contribution in [-0.4, -0.2) is 44.7 Å². The summed E-state index contributed by atoms with van der Waals surface area (Å²) in [6, 6.07) is 11.7. The van der Waals surface area contributed by atoms with Gasteiger partial charge in [-0.25, -0.2) is 4.79 Å². The maximum absolute atomic E-state index is 12.4. The Morgan fingerprint density at radius 2 is 1.79 bits per heavy atom. The molecule has 9 heteroatoms. The lowest BCUT2D eigenvalue weighted by atomic mass is 10.2. The highest BCUT2D eigenvalue weighted by atomic mass is 35.5. The van der Waals surface area contributed by atoms with Gasteiger partial charge in [0, 0.05) is 12.2 Å². The second kappa shape index (κ2) is 10.3. The van der Waals surface area contributed by atoms with Gasteiger partial charge in [0.1, 0.15) is 0 Å². The summed E-state index contributed by atoms with van der Waals surface area (Å²) in [7, 11) is 1.35. The van der Waals surface area contributed by atoms with Crippen molar-refractivity contribution in [3.05, 3.63) is 53.1 Å². The van der Waals surface area contributed by atoms with Crippen molar-refractivity contribution in [1.29, 1.82) is 0 Å². The number of amides is 2. The van der Waals surface area contributed by atoms with E-state index in [0.717, 1.165) is 0 Å². The molecule has 0 fully saturated rings. The molecule has 0 aliphatic heterocycles. The van der Waals surface area contributed by atoms with Crippen molar-refractivity contribution in [2.45, 2.75) is 6.92 Å². The fraction of sp³-hybridized carbons (Fsp3) is 0.250. The Morgan fingerprint density at radius 1 is 1.10 bits per heavy atom. The minimum Gasteiger partial charge on any atom is -0.493 e. The number of methoxy groups -OCH3 is 1. The van der Waals surface area contributed by atoms with Gasteiger partial charge in [-0.2, -0.15) is 0 Å². The molecule has 0 heterocycles. The topological polar surface area (TPSA) is 108 Å². The molecule has 0 bridgehead atoms. The second-order valence-corrected chi connectivity index (χ2v) is 6.20. The van der Waals surface area contributed by atoms with Crippen molar-refractivity contribution >= 4 is 35.1 Å². The number of carbonyl (C=O) groups excluding carboxylic acids is 3. The number of anilines is 1. The smallest absolute Gasteiger partial charge is 0.338 e. The number of likely N-dealkylation sites (N-methyl/N-ethyl adjacent to an activating group) is 1. The highest BCUT2D eigenvalue weighted by Gasteiger charge is 2.20. The molecular weight excluding hydrogens is 400 g/mol. The molecule has 2 rings (SSSR count). The number of esters is 1.